The molecule has 1 aromatic carbocycles. The Bertz CT molecular complexity index is 655. The van der Waals surface area contributed by atoms with Crippen LogP contribution in [0.25, 0.3) is 0 Å². The topological polar surface area (TPSA) is 71.1 Å². The fraction of sp³-hybridized carbons (Fsp3) is 0.133. The Morgan fingerprint density at radius 1 is 1.25 bits per heavy atom. The first-order valence-electron chi connectivity index (χ1n) is 6.34. The lowest BCUT2D eigenvalue weighted by atomic mass is 10.0. The molecule has 0 unspecified atom stereocenters. The average molecular weight is 267 g/mol. The summed E-state index contributed by atoms with van der Waals surface area (Å²) in [6.07, 6.45) is 3.43. The summed E-state index contributed by atoms with van der Waals surface area (Å²) in [5, 5.41) is 5.58. The molecular weight excluding hydrogens is 254 g/mol. The Hall–Kier alpha value is -2.69. The molecule has 3 rings (SSSR count). The number of hydrogen-bond acceptors (Lipinski definition) is 3. The second-order valence-electron chi connectivity index (χ2n) is 4.61. The summed E-state index contributed by atoms with van der Waals surface area (Å²) in [4.78, 5) is 27.7. The van der Waals surface area contributed by atoms with Crippen molar-refractivity contribution in [3.63, 3.8) is 0 Å². The first-order chi connectivity index (χ1) is 9.74. The predicted octanol–water partition coefficient (Wildman–Crippen LogP) is 1.89. The van der Waals surface area contributed by atoms with Crippen LogP contribution in [0.3, 0.4) is 0 Å². The lowest BCUT2D eigenvalue weighted by molar-refractivity contribution is -0.116. The molecule has 0 spiro atoms. The van der Waals surface area contributed by atoms with Gasteiger partial charge in [0.05, 0.1) is 24.3 Å². The van der Waals surface area contributed by atoms with Gasteiger partial charge in [-0.1, -0.05) is 18.2 Å². The highest BCUT2D eigenvalue weighted by Crippen LogP contribution is 2.27. The van der Waals surface area contributed by atoms with E-state index in [1.165, 1.54) is 0 Å². The molecular formula is C15H13N3O2. The molecule has 0 fully saturated rings. The standard InChI is InChI=1S/C15H13N3O2/c19-14(17-10-4-3-7-16-9-10)8-13-11-5-1-2-6-12(11)15(20)18-13/h1-7,9,13H,8H2,(H,17,19)(H,18,20)/t13-/m1/s1. The summed E-state index contributed by atoms with van der Waals surface area (Å²) in [5.74, 6) is -0.278. The van der Waals surface area contributed by atoms with Gasteiger partial charge in [0.25, 0.3) is 5.91 Å². The van der Waals surface area contributed by atoms with Crippen LogP contribution in [-0.4, -0.2) is 16.8 Å². The summed E-state index contributed by atoms with van der Waals surface area (Å²) in [6, 6.07) is 10.6. The zero-order chi connectivity index (χ0) is 13.9. The summed E-state index contributed by atoms with van der Waals surface area (Å²) < 4.78 is 0. The quantitative estimate of drug-likeness (QED) is 0.892. The fourth-order valence-corrected chi connectivity index (χ4v) is 2.32. The van der Waals surface area contributed by atoms with Gasteiger partial charge in [0.15, 0.2) is 0 Å². The Morgan fingerprint density at radius 3 is 2.90 bits per heavy atom. The van der Waals surface area contributed by atoms with Crippen LogP contribution in [0, 0.1) is 0 Å². The van der Waals surface area contributed by atoms with E-state index in [9.17, 15) is 9.59 Å². The van der Waals surface area contributed by atoms with E-state index in [1.54, 1.807) is 30.6 Å². The third-order valence-electron chi connectivity index (χ3n) is 3.22. The van der Waals surface area contributed by atoms with Gasteiger partial charge in [-0.2, -0.15) is 0 Å². The van der Waals surface area contributed by atoms with Crippen molar-refractivity contribution in [2.24, 2.45) is 0 Å². The second-order valence-corrected chi connectivity index (χ2v) is 4.61. The van der Waals surface area contributed by atoms with Crippen molar-refractivity contribution in [2.45, 2.75) is 12.5 Å². The molecule has 0 bridgehead atoms. The van der Waals surface area contributed by atoms with Crippen LogP contribution < -0.4 is 10.6 Å². The molecule has 20 heavy (non-hydrogen) atoms. The van der Waals surface area contributed by atoms with Crippen molar-refractivity contribution < 1.29 is 9.59 Å². The number of pyridine rings is 1. The molecule has 2 amide bonds. The maximum absolute atomic E-state index is 12.0. The molecule has 1 aromatic heterocycles. The molecule has 100 valence electrons. The lowest BCUT2D eigenvalue weighted by Gasteiger charge is -2.11. The van der Waals surface area contributed by atoms with Crippen molar-refractivity contribution in [1.29, 1.82) is 0 Å². The number of nitrogens with one attached hydrogen (secondary N) is 2. The van der Waals surface area contributed by atoms with Gasteiger partial charge in [0, 0.05) is 11.8 Å². The van der Waals surface area contributed by atoms with E-state index in [4.69, 9.17) is 0 Å². The van der Waals surface area contributed by atoms with E-state index < -0.39 is 0 Å². The highest BCUT2D eigenvalue weighted by molar-refractivity contribution is 6.00. The average Bonchev–Trinajstić information content (AvgIpc) is 2.77. The van der Waals surface area contributed by atoms with Crippen molar-refractivity contribution >= 4 is 17.5 Å². The van der Waals surface area contributed by atoms with E-state index in [0.29, 0.717) is 11.3 Å². The van der Waals surface area contributed by atoms with E-state index >= 15 is 0 Å². The van der Waals surface area contributed by atoms with Gasteiger partial charge >= 0.3 is 0 Å². The zero-order valence-electron chi connectivity index (χ0n) is 10.7. The van der Waals surface area contributed by atoms with Gasteiger partial charge < -0.3 is 10.6 Å². The van der Waals surface area contributed by atoms with Gasteiger partial charge in [-0.25, -0.2) is 0 Å². The van der Waals surface area contributed by atoms with Crippen LogP contribution in [0.1, 0.15) is 28.4 Å². The summed E-state index contributed by atoms with van der Waals surface area (Å²) in [6.45, 7) is 0. The number of carbonyl (C=O) groups excluding carboxylic acids is 2. The van der Waals surface area contributed by atoms with Gasteiger partial charge in [-0.05, 0) is 23.8 Å². The van der Waals surface area contributed by atoms with Crippen molar-refractivity contribution in [1.82, 2.24) is 10.3 Å². The predicted molar refractivity (Wildman–Crippen MR) is 74.1 cm³/mol. The maximum atomic E-state index is 12.0. The number of carbonyl (C=O) groups is 2. The largest absolute Gasteiger partial charge is 0.345 e. The fourth-order valence-electron chi connectivity index (χ4n) is 2.32. The van der Waals surface area contributed by atoms with Crippen LogP contribution in [-0.2, 0) is 4.79 Å². The Morgan fingerprint density at radius 2 is 2.10 bits per heavy atom. The third-order valence-corrected chi connectivity index (χ3v) is 3.22. The van der Waals surface area contributed by atoms with E-state index in [1.807, 2.05) is 18.2 Å². The normalized spacial score (nSPS) is 16.4. The van der Waals surface area contributed by atoms with E-state index in [0.717, 1.165) is 5.56 Å². The summed E-state index contributed by atoms with van der Waals surface area (Å²) >= 11 is 0. The first-order valence-corrected chi connectivity index (χ1v) is 6.34. The van der Waals surface area contributed by atoms with Gasteiger partial charge in [-0.3, -0.25) is 14.6 Å². The second kappa shape index (κ2) is 5.13. The minimum Gasteiger partial charge on any atom is -0.345 e. The molecule has 5 nitrogen and oxygen atoms in total. The summed E-state index contributed by atoms with van der Waals surface area (Å²) in [5.41, 5.74) is 2.17. The molecule has 1 aliphatic heterocycles. The number of benzene rings is 1. The zero-order valence-corrected chi connectivity index (χ0v) is 10.7. The SMILES string of the molecule is O=C(C[C@H]1NC(=O)c2ccccc21)Nc1cccnc1. The number of fused-ring (bicyclic) bond motifs is 1. The first kappa shape index (κ1) is 12.3. The molecule has 0 saturated heterocycles. The van der Waals surface area contributed by atoms with Crippen LogP contribution in [0.5, 0.6) is 0 Å². The van der Waals surface area contributed by atoms with Crippen molar-refractivity contribution in [3.8, 4) is 0 Å². The molecule has 0 saturated carbocycles. The molecule has 5 heteroatoms. The number of aromatic nitrogens is 1. The van der Waals surface area contributed by atoms with Gasteiger partial charge in [0.2, 0.25) is 5.91 Å². The number of amides is 2. The van der Waals surface area contributed by atoms with Gasteiger partial charge in [-0.15, -0.1) is 0 Å². The van der Waals surface area contributed by atoms with Crippen molar-refractivity contribution in [2.75, 3.05) is 5.32 Å². The third kappa shape index (κ3) is 2.38. The number of rotatable bonds is 3. The molecule has 0 aliphatic carbocycles. The van der Waals surface area contributed by atoms with Crippen LogP contribution in [0.2, 0.25) is 0 Å². The summed E-state index contributed by atoms with van der Waals surface area (Å²) in [7, 11) is 0. The Kier molecular flexibility index (Phi) is 3.16. The molecule has 1 atom stereocenters. The minimum absolute atomic E-state index is 0.125. The molecule has 2 heterocycles. The lowest BCUT2D eigenvalue weighted by Crippen LogP contribution is -2.24. The molecule has 2 aromatic rings. The van der Waals surface area contributed by atoms with Crippen LogP contribution >= 0.6 is 0 Å². The molecule has 1 aliphatic rings. The number of nitrogens with zero attached hydrogens (tertiary/aromatic N) is 1. The van der Waals surface area contributed by atoms with Crippen LogP contribution in [0.15, 0.2) is 48.8 Å². The van der Waals surface area contributed by atoms with E-state index in [-0.39, 0.29) is 24.3 Å². The highest BCUT2D eigenvalue weighted by atomic mass is 16.2. The Labute approximate surface area is 116 Å². The Balaban J connectivity index is 1.70. The molecule has 0 radical (unpaired) electrons. The van der Waals surface area contributed by atoms with Crippen molar-refractivity contribution in [3.05, 3.63) is 59.9 Å². The minimum atomic E-state index is -0.268. The van der Waals surface area contributed by atoms with E-state index in [2.05, 4.69) is 15.6 Å². The number of anilines is 1. The number of hydrogen-bond donors (Lipinski definition) is 2. The molecule has 2 N–H and O–H groups in total. The van der Waals surface area contributed by atoms with Gasteiger partial charge in [0.1, 0.15) is 0 Å². The van der Waals surface area contributed by atoms with Crippen LogP contribution in [0.4, 0.5) is 5.69 Å². The monoisotopic (exact) mass is 267 g/mol. The maximum Gasteiger partial charge on any atom is 0.252 e. The smallest absolute Gasteiger partial charge is 0.252 e. The highest BCUT2D eigenvalue weighted by Gasteiger charge is 2.29.